The fourth-order valence-electron chi connectivity index (χ4n) is 0.766. The van der Waals surface area contributed by atoms with Crippen LogP contribution in [0.2, 0.25) is 0 Å². The molecule has 0 spiro atoms. The molecule has 0 saturated heterocycles. The number of phosphoric ester groups is 1. The molecule has 0 aliphatic rings. The maximum Gasteiger partial charge on any atom is 0.479 e. The Morgan fingerprint density at radius 2 is 1.26 bits per heavy atom. The molecular formula is C5H12Cl2O9P3-. The molecule has 0 aromatic rings. The van der Waals surface area contributed by atoms with Gasteiger partial charge in [-0.3, -0.25) is 13.6 Å². The highest BCUT2D eigenvalue weighted by molar-refractivity contribution is 7.81. The molecule has 9 nitrogen and oxygen atoms in total. The summed E-state index contributed by atoms with van der Waals surface area (Å²) in [4.78, 5) is 11.8. The summed E-state index contributed by atoms with van der Waals surface area (Å²) < 4.78 is 53.6. The van der Waals surface area contributed by atoms with Crippen LogP contribution < -0.4 is 4.89 Å². The van der Waals surface area contributed by atoms with Gasteiger partial charge in [-0.05, 0) is 0 Å². The predicted octanol–water partition coefficient (Wildman–Crippen LogP) is 2.53. The average molecular weight is 380 g/mol. The lowest BCUT2D eigenvalue weighted by atomic mass is 11.8. The molecule has 116 valence electrons. The monoisotopic (exact) mass is 379 g/mol. The second-order valence-corrected chi connectivity index (χ2v) is 11.8. The Morgan fingerprint density at radius 3 is 1.53 bits per heavy atom. The van der Waals surface area contributed by atoms with Crippen LogP contribution >= 0.6 is 46.2 Å². The zero-order valence-corrected chi connectivity index (χ0v) is 14.5. The van der Waals surface area contributed by atoms with Crippen LogP contribution in [0.3, 0.4) is 0 Å². The van der Waals surface area contributed by atoms with Gasteiger partial charge in [-0.15, -0.1) is 0 Å². The second-order valence-electron chi connectivity index (χ2n) is 2.76. The molecule has 0 bridgehead atoms. The van der Waals surface area contributed by atoms with Gasteiger partial charge < -0.3 is 18.5 Å². The Balaban J connectivity index is 5.60. The maximum absolute atomic E-state index is 11.9. The van der Waals surface area contributed by atoms with Crippen LogP contribution in [0.25, 0.3) is 0 Å². The van der Waals surface area contributed by atoms with Crippen molar-refractivity contribution in [3.8, 4) is 0 Å². The molecule has 0 radical (unpaired) electrons. The minimum atomic E-state index is -5.45. The number of phosphoric acid groups is 1. The van der Waals surface area contributed by atoms with Gasteiger partial charge in [-0.1, -0.05) is 23.2 Å². The Kier molecular flexibility index (Phi) is 7.23. The summed E-state index contributed by atoms with van der Waals surface area (Å²) in [5.74, 6) is 0. The van der Waals surface area contributed by atoms with E-state index in [4.69, 9.17) is 23.2 Å². The third kappa shape index (κ3) is 4.02. The van der Waals surface area contributed by atoms with Crippen molar-refractivity contribution in [3.63, 3.8) is 0 Å². The van der Waals surface area contributed by atoms with E-state index in [9.17, 15) is 18.6 Å². The molecule has 0 aliphatic carbocycles. The van der Waals surface area contributed by atoms with E-state index >= 15 is 0 Å². The normalized spacial score (nSPS) is 17.2. The van der Waals surface area contributed by atoms with Crippen molar-refractivity contribution in [2.75, 3.05) is 28.4 Å². The topological polar surface area (TPSA) is 120 Å². The Hall–Kier alpha value is 1.03. The van der Waals surface area contributed by atoms with Crippen molar-refractivity contribution in [2.45, 2.75) is 3.82 Å². The largest absolute Gasteiger partial charge is 0.776 e. The van der Waals surface area contributed by atoms with Gasteiger partial charge in [-0.2, -0.15) is 0 Å². The Morgan fingerprint density at radius 1 is 0.895 bits per heavy atom. The smallest absolute Gasteiger partial charge is 0.479 e. The van der Waals surface area contributed by atoms with Crippen LogP contribution in [0.1, 0.15) is 0 Å². The number of halogens is 2. The summed E-state index contributed by atoms with van der Waals surface area (Å²) in [6.45, 7) is 0. The molecular weight excluding hydrogens is 368 g/mol. The summed E-state index contributed by atoms with van der Waals surface area (Å²) in [5, 5.41) is 0. The van der Waals surface area contributed by atoms with Crippen LogP contribution in [-0.4, -0.2) is 32.3 Å². The molecule has 0 fully saturated rings. The van der Waals surface area contributed by atoms with E-state index in [-0.39, 0.29) is 0 Å². The first-order valence-corrected chi connectivity index (χ1v) is 9.59. The lowest BCUT2D eigenvalue weighted by Gasteiger charge is -2.37. The third-order valence-corrected chi connectivity index (χ3v) is 10.6. The van der Waals surface area contributed by atoms with Crippen LogP contribution in [0, 0.1) is 0 Å². The minimum Gasteiger partial charge on any atom is -0.776 e. The second kappa shape index (κ2) is 6.86. The van der Waals surface area contributed by atoms with Crippen molar-refractivity contribution in [1.82, 2.24) is 0 Å². The summed E-state index contributed by atoms with van der Waals surface area (Å²) in [6.07, 6.45) is 0. The van der Waals surface area contributed by atoms with E-state index in [0.717, 1.165) is 28.4 Å². The van der Waals surface area contributed by atoms with Crippen molar-refractivity contribution in [3.05, 3.63) is 0 Å². The SMILES string of the molecule is COP(=O)(OC)OP(=O)([O-])C(Cl)(Cl)P(=O)(OC)OC. The number of hydrogen-bond donors (Lipinski definition) is 0. The van der Waals surface area contributed by atoms with Gasteiger partial charge in [0.05, 0.1) is 0 Å². The summed E-state index contributed by atoms with van der Waals surface area (Å²) in [5.41, 5.74) is 0. The summed E-state index contributed by atoms with van der Waals surface area (Å²) >= 11 is 10.9. The third-order valence-electron chi connectivity index (χ3n) is 1.79. The molecule has 0 aliphatic heterocycles. The van der Waals surface area contributed by atoms with Gasteiger partial charge in [0.25, 0.3) is 3.82 Å². The highest BCUT2D eigenvalue weighted by Gasteiger charge is 2.58. The molecule has 0 N–H and O–H groups in total. The van der Waals surface area contributed by atoms with E-state index in [0.29, 0.717) is 0 Å². The van der Waals surface area contributed by atoms with Crippen LogP contribution in [0.4, 0.5) is 0 Å². The fourth-order valence-corrected chi connectivity index (χ4v) is 6.89. The lowest BCUT2D eigenvalue weighted by Crippen LogP contribution is -2.25. The van der Waals surface area contributed by atoms with E-state index in [1.54, 1.807) is 0 Å². The quantitative estimate of drug-likeness (QED) is 0.462. The first-order valence-electron chi connectivity index (χ1n) is 4.28. The molecule has 0 aromatic carbocycles. The number of hydrogen-bond acceptors (Lipinski definition) is 9. The Labute approximate surface area is 120 Å². The number of alkyl halides is 2. The zero-order valence-electron chi connectivity index (χ0n) is 10.3. The van der Waals surface area contributed by atoms with E-state index in [1.807, 2.05) is 0 Å². The van der Waals surface area contributed by atoms with Gasteiger partial charge in [0.2, 0.25) is 0 Å². The fraction of sp³-hybridized carbons (Fsp3) is 1.00. The maximum atomic E-state index is 11.9. The van der Waals surface area contributed by atoms with Gasteiger partial charge in [0.15, 0.2) is 7.60 Å². The molecule has 1 atom stereocenters. The van der Waals surface area contributed by atoms with Gasteiger partial charge >= 0.3 is 15.4 Å². The molecule has 0 aromatic heterocycles. The van der Waals surface area contributed by atoms with Gasteiger partial charge in [0.1, 0.15) is 0 Å². The molecule has 1 unspecified atom stereocenters. The molecule has 0 amide bonds. The minimum absolute atomic E-state index is 0.857. The summed E-state index contributed by atoms with van der Waals surface area (Å²) in [7, 11) is -11.0. The van der Waals surface area contributed by atoms with Gasteiger partial charge in [0, 0.05) is 28.4 Å². The van der Waals surface area contributed by atoms with Crippen molar-refractivity contribution >= 4 is 46.2 Å². The van der Waals surface area contributed by atoms with E-state index in [2.05, 4.69) is 22.4 Å². The van der Waals surface area contributed by atoms with E-state index < -0.39 is 26.8 Å². The van der Waals surface area contributed by atoms with Crippen LogP contribution in [0.5, 0.6) is 0 Å². The number of rotatable bonds is 8. The highest BCUT2D eigenvalue weighted by Crippen LogP contribution is 2.81. The first kappa shape index (κ1) is 20.0. The highest BCUT2D eigenvalue weighted by atomic mass is 35.5. The molecule has 14 heteroatoms. The molecule has 19 heavy (non-hydrogen) atoms. The predicted molar refractivity (Wildman–Crippen MR) is 66.4 cm³/mol. The van der Waals surface area contributed by atoms with Crippen molar-refractivity contribution in [1.29, 1.82) is 0 Å². The molecule has 0 rings (SSSR count). The molecule has 0 heterocycles. The van der Waals surface area contributed by atoms with E-state index in [1.165, 1.54) is 0 Å². The van der Waals surface area contributed by atoms with Gasteiger partial charge in [-0.25, -0.2) is 8.88 Å². The summed E-state index contributed by atoms with van der Waals surface area (Å²) in [6, 6.07) is 0. The standard InChI is InChI=1S/C5H13Cl2O9P3/c1-12-18(10,13-2)5(6,7)17(8,9)16-19(11,14-3)15-4/h1-4H3,(H,8,9)/p-1. The average Bonchev–Trinajstić information content (AvgIpc) is 2.36. The first-order chi connectivity index (χ1) is 8.45. The molecule has 0 saturated carbocycles. The van der Waals surface area contributed by atoms with Crippen molar-refractivity contribution in [2.24, 2.45) is 0 Å². The lowest BCUT2D eigenvalue weighted by molar-refractivity contribution is -0.192. The zero-order chi connectivity index (χ0) is 15.5. The van der Waals surface area contributed by atoms with Crippen LogP contribution in [-0.2, 0) is 36.1 Å². The van der Waals surface area contributed by atoms with Crippen molar-refractivity contribution < 1.29 is 41.0 Å². The van der Waals surface area contributed by atoms with Crippen LogP contribution in [0.15, 0.2) is 0 Å². The Bertz CT molecular complexity index is 435.